The highest BCUT2D eigenvalue weighted by Gasteiger charge is 2.53. The van der Waals surface area contributed by atoms with E-state index in [9.17, 15) is 8.42 Å². The summed E-state index contributed by atoms with van der Waals surface area (Å²) in [5.41, 5.74) is 1.97. The third kappa shape index (κ3) is 2.94. The van der Waals surface area contributed by atoms with Gasteiger partial charge in [-0.3, -0.25) is 0 Å². The Morgan fingerprint density at radius 1 is 1.27 bits per heavy atom. The van der Waals surface area contributed by atoms with Crippen LogP contribution in [0.15, 0.2) is 23.1 Å². The third-order valence-electron chi connectivity index (χ3n) is 4.34. The van der Waals surface area contributed by atoms with Gasteiger partial charge < -0.3 is 4.74 Å². The van der Waals surface area contributed by atoms with Gasteiger partial charge in [-0.2, -0.15) is 4.31 Å². The third-order valence-corrected chi connectivity index (χ3v) is 7.68. The first-order valence-corrected chi connectivity index (χ1v) is 10.1. The first-order valence-electron chi connectivity index (χ1n) is 7.69. The minimum atomic E-state index is -3.36. The minimum absolute atomic E-state index is 0.0752. The SMILES string of the molecule is CCOC1CSC2(C1)CN(S(=O)(=O)c1cc(C)cc(C)c1)C2. The summed E-state index contributed by atoms with van der Waals surface area (Å²) in [6, 6.07) is 5.52. The van der Waals surface area contributed by atoms with Gasteiger partial charge in [0.25, 0.3) is 0 Å². The molecule has 1 spiro atoms. The van der Waals surface area contributed by atoms with E-state index in [0.29, 0.717) is 18.0 Å². The molecule has 0 aliphatic carbocycles. The van der Waals surface area contributed by atoms with Gasteiger partial charge in [0, 0.05) is 30.2 Å². The van der Waals surface area contributed by atoms with Gasteiger partial charge in [-0.1, -0.05) is 6.07 Å². The second-order valence-electron chi connectivity index (χ2n) is 6.37. The summed E-state index contributed by atoms with van der Waals surface area (Å²) in [5, 5.41) is 0. The molecular formula is C16H23NO3S2. The number of hydrogen-bond acceptors (Lipinski definition) is 4. The summed E-state index contributed by atoms with van der Waals surface area (Å²) < 4.78 is 32.9. The molecule has 4 nitrogen and oxygen atoms in total. The van der Waals surface area contributed by atoms with Crippen molar-refractivity contribution < 1.29 is 13.2 Å². The number of sulfonamides is 1. The van der Waals surface area contributed by atoms with Gasteiger partial charge in [-0.15, -0.1) is 11.8 Å². The number of thioether (sulfide) groups is 1. The van der Waals surface area contributed by atoms with Crippen molar-refractivity contribution in [2.45, 2.75) is 42.9 Å². The Bertz CT molecular complexity index is 646. The second kappa shape index (κ2) is 5.82. The first-order chi connectivity index (χ1) is 10.3. The van der Waals surface area contributed by atoms with Crippen molar-refractivity contribution >= 4 is 21.8 Å². The molecule has 0 bridgehead atoms. The molecule has 22 heavy (non-hydrogen) atoms. The summed E-state index contributed by atoms with van der Waals surface area (Å²) in [5.74, 6) is 0.977. The monoisotopic (exact) mass is 341 g/mol. The van der Waals surface area contributed by atoms with Gasteiger partial charge in [-0.05, 0) is 50.5 Å². The molecule has 0 aromatic heterocycles. The predicted molar refractivity (Wildman–Crippen MR) is 89.9 cm³/mol. The fourth-order valence-electron chi connectivity index (χ4n) is 3.36. The quantitative estimate of drug-likeness (QED) is 0.844. The molecule has 1 aromatic rings. The maximum absolute atomic E-state index is 12.8. The molecule has 0 radical (unpaired) electrons. The molecule has 2 aliphatic heterocycles. The van der Waals surface area contributed by atoms with Crippen LogP contribution in [0.1, 0.15) is 24.5 Å². The topological polar surface area (TPSA) is 46.6 Å². The van der Waals surface area contributed by atoms with E-state index in [1.807, 2.05) is 38.6 Å². The lowest BCUT2D eigenvalue weighted by molar-refractivity contribution is 0.0598. The number of ether oxygens (including phenoxy) is 1. The lowest BCUT2D eigenvalue weighted by Crippen LogP contribution is -2.60. The van der Waals surface area contributed by atoms with Gasteiger partial charge >= 0.3 is 0 Å². The Hall–Kier alpha value is -0.560. The van der Waals surface area contributed by atoms with E-state index in [0.717, 1.165) is 29.9 Å². The Balaban J connectivity index is 1.72. The fourth-order valence-corrected chi connectivity index (χ4v) is 6.88. The number of hydrogen-bond donors (Lipinski definition) is 0. The second-order valence-corrected chi connectivity index (χ2v) is 9.80. The lowest BCUT2D eigenvalue weighted by Gasteiger charge is -2.46. The van der Waals surface area contributed by atoms with E-state index < -0.39 is 10.0 Å². The number of rotatable bonds is 4. The van der Waals surface area contributed by atoms with Crippen LogP contribution < -0.4 is 0 Å². The molecule has 0 N–H and O–H groups in total. The standard InChI is InChI=1S/C16H23NO3S2/c1-4-20-14-8-16(21-9-14)10-17(11-16)22(18,19)15-6-12(2)5-13(3)7-15/h5-7,14H,4,8-11H2,1-3H3. The molecule has 6 heteroatoms. The van der Waals surface area contributed by atoms with Crippen LogP contribution in [-0.4, -0.2) is 49.0 Å². The van der Waals surface area contributed by atoms with Gasteiger partial charge in [0.15, 0.2) is 0 Å². The zero-order valence-corrected chi connectivity index (χ0v) is 15.0. The molecule has 1 atom stereocenters. The highest BCUT2D eigenvalue weighted by Crippen LogP contribution is 2.47. The van der Waals surface area contributed by atoms with E-state index in [2.05, 4.69) is 0 Å². The number of benzene rings is 1. The lowest BCUT2D eigenvalue weighted by atomic mass is 9.95. The molecule has 1 unspecified atom stereocenters. The van der Waals surface area contributed by atoms with Gasteiger partial charge in [0.05, 0.1) is 11.0 Å². The Kier molecular flexibility index (Phi) is 4.31. The first kappa shape index (κ1) is 16.3. The number of aryl methyl sites for hydroxylation is 2. The Morgan fingerprint density at radius 3 is 2.50 bits per heavy atom. The summed E-state index contributed by atoms with van der Waals surface area (Å²) in [7, 11) is -3.36. The zero-order chi connectivity index (χ0) is 16.0. The van der Waals surface area contributed by atoms with Crippen molar-refractivity contribution in [3.05, 3.63) is 29.3 Å². The van der Waals surface area contributed by atoms with E-state index in [1.165, 1.54) is 0 Å². The van der Waals surface area contributed by atoms with Gasteiger partial charge in [0.1, 0.15) is 0 Å². The molecule has 2 saturated heterocycles. The molecule has 2 aliphatic rings. The van der Waals surface area contributed by atoms with Gasteiger partial charge in [0.2, 0.25) is 10.0 Å². The minimum Gasteiger partial charge on any atom is -0.378 e. The van der Waals surface area contributed by atoms with Crippen molar-refractivity contribution in [3.63, 3.8) is 0 Å². The summed E-state index contributed by atoms with van der Waals surface area (Å²) in [6.07, 6.45) is 1.24. The highest BCUT2D eigenvalue weighted by molar-refractivity contribution is 8.01. The molecule has 2 fully saturated rings. The smallest absolute Gasteiger partial charge is 0.243 e. The molecule has 0 saturated carbocycles. The van der Waals surface area contributed by atoms with Crippen molar-refractivity contribution in [1.82, 2.24) is 4.31 Å². The average Bonchev–Trinajstić information content (AvgIpc) is 2.80. The summed E-state index contributed by atoms with van der Waals surface area (Å²) in [6.45, 7) is 7.82. The molecule has 122 valence electrons. The van der Waals surface area contributed by atoms with Crippen molar-refractivity contribution in [3.8, 4) is 0 Å². The highest BCUT2D eigenvalue weighted by atomic mass is 32.2. The molecular weight excluding hydrogens is 318 g/mol. The van der Waals surface area contributed by atoms with Gasteiger partial charge in [-0.25, -0.2) is 8.42 Å². The van der Waals surface area contributed by atoms with Crippen LogP contribution in [0.25, 0.3) is 0 Å². The normalized spacial score (nSPS) is 24.6. The van der Waals surface area contributed by atoms with Crippen LogP contribution in [0.5, 0.6) is 0 Å². The van der Waals surface area contributed by atoms with E-state index in [1.54, 1.807) is 16.4 Å². The van der Waals surface area contributed by atoms with E-state index >= 15 is 0 Å². The largest absolute Gasteiger partial charge is 0.378 e. The van der Waals surface area contributed by atoms with Crippen molar-refractivity contribution in [1.29, 1.82) is 0 Å². The van der Waals surface area contributed by atoms with Crippen LogP contribution in [0, 0.1) is 13.8 Å². The Morgan fingerprint density at radius 2 is 1.91 bits per heavy atom. The average molecular weight is 341 g/mol. The molecule has 0 amide bonds. The number of nitrogens with zero attached hydrogens (tertiary/aromatic N) is 1. The van der Waals surface area contributed by atoms with Crippen LogP contribution in [0.3, 0.4) is 0 Å². The maximum atomic E-state index is 12.8. The van der Waals surface area contributed by atoms with Crippen LogP contribution in [0.2, 0.25) is 0 Å². The van der Waals surface area contributed by atoms with Crippen LogP contribution >= 0.6 is 11.8 Å². The Labute approximate surface area is 137 Å². The molecule has 3 rings (SSSR count). The predicted octanol–water partition coefficient (Wildman–Crippen LogP) is 2.59. The zero-order valence-electron chi connectivity index (χ0n) is 13.3. The van der Waals surface area contributed by atoms with Crippen LogP contribution in [-0.2, 0) is 14.8 Å². The summed E-state index contributed by atoms with van der Waals surface area (Å²) >= 11 is 1.87. The van der Waals surface area contributed by atoms with E-state index in [4.69, 9.17) is 4.74 Å². The van der Waals surface area contributed by atoms with Crippen LogP contribution in [0.4, 0.5) is 0 Å². The van der Waals surface area contributed by atoms with Crippen molar-refractivity contribution in [2.24, 2.45) is 0 Å². The van der Waals surface area contributed by atoms with E-state index in [-0.39, 0.29) is 10.9 Å². The fraction of sp³-hybridized carbons (Fsp3) is 0.625. The van der Waals surface area contributed by atoms with Crippen molar-refractivity contribution in [2.75, 3.05) is 25.4 Å². The molecule has 2 heterocycles. The summed E-state index contributed by atoms with van der Waals surface area (Å²) in [4.78, 5) is 0.421. The molecule has 1 aromatic carbocycles. The maximum Gasteiger partial charge on any atom is 0.243 e.